The SMILES string of the molecule is COc1ccc(S(=O)(=O)N(C)CC(=O)Nc2ccc(Cl)c(C(F)(F)F)c2)c([N+](=O)[O-])c1. The average molecular weight is 482 g/mol. The van der Waals surface area contributed by atoms with Crippen molar-refractivity contribution in [2.24, 2.45) is 0 Å². The van der Waals surface area contributed by atoms with Crippen molar-refractivity contribution in [3.63, 3.8) is 0 Å². The molecule has 14 heteroatoms. The molecule has 2 rings (SSSR count). The maximum atomic E-state index is 12.9. The van der Waals surface area contributed by atoms with Crippen LogP contribution in [-0.4, -0.2) is 44.3 Å². The summed E-state index contributed by atoms with van der Waals surface area (Å²) in [6.07, 6.45) is -4.76. The highest BCUT2D eigenvalue weighted by molar-refractivity contribution is 7.89. The highest BCUT2D eigenvalue weighted by Gasteiger charge is 2.34. The predicted octanol–water partition coefficient (Wildman–Crippen LogP) is 3.53. The van der Waals surface area contributed by atoms with Crippen LogP contribution in [0.5, 0.6) is 5.75 Å². The van der Waals surface area contributed by atoms with E-state index in [1.54, 1.807) is 0 Å². The Hall–Kier alpha value is -2.90. The van der Waals surface area contributed by atoms with E-state index in [1.807, 2.05) is 0 Å². The van der Waals surface area contributed by atoms with Crippen molar-refractivity contribution in [3.05, 3.63) is 57.1 Å². The van der Waals surface area contributed by atoms with Gasteiger partial charge in [0.2, 0.25) is 15.9 Å². The molecule has 1 N–H and O–H groups in total. The molecule has 0 bridgehead atoms. The summed E-state index contributed by atoms with van der Waals surface area (Å²) in [4.78, 5) is 21.8. The van der Waals surface area contributed by atoms with E-state index in [9.17, 15) is 36.5 Å². The standard InChI is InChI=1S/C17H15ClF3N3O6S/c1-23(31(28,29)15-6-4-11(30-2)8-14(15)24(26)27)9-16(25)22-10-3-5-13(18)12(7-10)17(19,20)21/h3-8H,9H2,1-2H3,(H,22,25). The molecule has 9 nitrogen and oxygen atoms in total. The lowest BCUT2D eigenvalue weighted by Gasteiger charge is -2.17. The fourth-order valence-corrected chi connectivity index (χ4v) is 3.95. The summed E-state index contributed by atoms with van der Waals surface area (Å²) in [6, 6.07) is 5.70. The number of hydrogen-bond donors (Lipinski definition) is 1. The second kappa shape index (κ2) is 9.08. The van der Waals surface area contributed by atoms with Gasteiger partial charge < -0.3 is 10.1 Å². The van der Waals surface area contributed by atoms with E-state index in [4.69, 9.17) is 16.3 Å². The number of nitro groups is 1. The third kappa shape index (κ3) is 5.62. The Morgan fingerprint density at radius 2 is 1.90 bits per heavy atom. The number of hydrogen-bond acceptors (Lipinski definition) is 6. The van der Waals surface area contributed by atoms with Crippen molar-refractivity contribution < 1.29 is 36.0 Å². The molecule has 0 aromatic heterocycles. The van der Waals surface area contributed by atoms with E-state index in [0.717, 1.165) is 31.3 Å². The summed E-state index contributed by atoms with van der Waals surface area (Å²) < 4.78 is 69.6. The number of alkyl halides is 3. The van der Waals surface area contributed by atoms with Gasteiger partial charge in [0.1, 0.15) is 5.75 Å². The predicted molar refractivity (Wildman–Crippen MR) is 105 cm³/mol. The Morgan fingerprint density at radius 1 is 1.26 bits per heavy atom. The van der Waals surface area contributed by atoms with E-state index in [-0.39, 0.29) is 11.4 Å². The molecule has 0 radical (unpaired) electrons. The number of carbonyl (C=O) groups is 1. The molecular weight excluding hydrogens is 467 g/mol. The molecule has 0 spiro atoms. The van der Waals surface area contributed by atoms with Crippen molar-refractivity contribution >= 4 is 38.9 Å². The molecule has 0 saturated carbocycles. The normalized spacial score (nSPS) is 12.0. The number of amides is 1. The van der Waals surface area contributed by atoms with Crippen LogP contribution in [0, 0.1) is 10.1 Å². The lowest BCUT2D eigenvalue weighted by molar-refractivity contribution is -0.387. The molecule has 31 heavy (non-hydrogen) atoms. The van der Waals surface area contributed by atoms with Crippen molar-refractivity contribution in [1.82, 2.24) is 4.31 Å². The minimum Gasteiger partial charge on any atom is -0.497 e. The zero-order valence-corrected chi connectivity index (χ0v) is 17.5. The highest BCUT2D eigenvalue weighted by atomic mass is 35.5. The van der Waals surface area contributed by atoms with Crippen LogP contribution < -0.4 is 10.1 Å². The van der Waals surface area contributed by atoms with E-state index in [0.29, 0.717) is 10.4 Å². The van der Waals surface area contributed by atoms with Crippen LogP contribution in [-0.2, 0) is 21.0 Å². The largest absolute Gasteiger partial charge is 0.497 e. The van der Waals surface area contributed by atoms with E-state index < -0.39 is 54.7 Å². The second-order valence-corrected chi connectivity index (χ2v) is 8.51. The smallest absolute Gasteiger partial charge is 0.417 e. The number of benzene rings is 2. The molecule has 0 fully saturated rings. The van der Waals surface area contributed by atoms with Crippen LogP contribution in [0.1, 0.15) is 5.56 Å². The summed E-state index contributed by atoms with van der Waals surface area (Å²) in [7, 11) is -2.26. The average Bonchev–Trinajstić information content (AvgIpc) is 2.67. The van der Waals surface area contributed by atoms with Crippen molar-refractivity contribution in [2.75, 3.05) is 26.0 Å². The minimum absolute atomic E-state index is 0.0502. The minimum atomic E-state index is -4.76. The van der Waals surface area contributed by atoms with Crippen LogP contribution in [0.25, 0.3) is 0 Å². The molecule has 2 aromatic carbocycles. The topological polar surface area (TPSA) is 119 Å². The molecule has 0 aliphatic carbocycles. The first kappa shape index (κ1) is 24.4. The molecule has 0 unspecified atom stereocenters. The number of sulfonamides is 1. The second-order valence-electron chi connectivity index (χ2n) is 6.09. The number of methoxy groups -OCH3 is 1. The Balaban J connectivity index is 2.24. The van der Waals surface area contributed by atoms with Gasteiger partial charge in [-0.2, -0.15) is 17.5 Å². The Morgan fingerprint density at radius 3 is 2.45 bits per heavy atom. The molecule has 0 aliphatic heterocycles. The van der Waals surface area contributed by atoms with Gasteiger partial charge in [0.25, 0.3) is 5.69 Å². The van der Waals surface area contributed by atoms with E-state index in [1.165, 1.54) is 13.2 Å². The number of likely N-dealkylation sites (N-methyl/N-ethyl adjacent to an activating group) is 1. The first-order valence-electron chi connectivity index (χ1n) is 8.22. The Bertz CT molecular complexity index is 1120. The first-order valence-corrected chi connectivity index (χ1v) is 10.0. The van der Waals surface area contributed by atoms with Gasteiger partial charge in [-0.3, -0.25) is 14.9 Å². The third-order valence-electron chi connectivity index (χ3n) is 3.97. The van der Waals surface area contributed by atoms with Gasteiger partial charge in [-0.25, -0.2) is 8.42 Å². The first-order chi connectivity index (χ1) is 14.3. The molecule has 0 saturated heterocycles. The van der Waals surface area contributed by atoms with Gasteiger partial charge in [0.15, 0.2) is 4.90 Å². The van der Waals surface area contributed by atoms with Crippen LogP contribution in [0.4, 0.5) is 24.5 Å². The lowest BCUT2D eigenvalue weighted by atomic mass is 10.2. The summed E-state index contributed by atoms with van der Waals surface area (Å²) in [6.45, 7) is -0.824. The maximum absolute atomic E-state index is 12.9. The maximum Gasteiger partial charge on any atom is 0.417 e. The van der Waals surface area contributed by atoms with Crippen LogP contribution >= 0.6 is 11.6 Å². The summed E-state index contributed by atoms with van der Waals surface area (Å²) in [5.41, 5.74) is -2.20. The van der Waals surface area contributed by atoms with Crippen LogP contribution in [0.2, 0.25) is 5.02 Å². The summed E-state index contributed by atoms with van der Waals surface area (Å²) >= 11 is 5.51. The molecule has 168 valence electrons. The highest BCUT2D eigenvalue weighted by Crippen LogP contribution is 2.36. The van der Waals surface area contributed by atoms with Crippen molar-refractivity contribution in [3.8, 4) is 5.75 Å². The number of nitrogens with zero attached hydrogens (tertiary/aromatic N) is 2. The van der Waals surface area contributed by atoms with Crippen LogP contribution in [0.3, 0.4) is 0 Å². The molecular formula is C17H15ClF3N3O6S. The number of nitro benzene ring substituents is 1. The lowest BCUT2D eigenvalue weighted by Crippen LogP contribution is -2.35. The molecule has 1 amide bonds. The zero-order chi connectivity index (χ0) is 23.6. The van der Waals surface area contributed by atoms with Gasteiger partial charge >= 0.3 is 6.18 Å². The Kier molecular flexibility index (Phi) is 7.14. The molecule has 0 atom stereocenters. The van der Waals surface area contributed by atoms with Gasteiger partial charge in [-0.1, -0.05) is 11.6 Å². The van der Waals surface area contributed by atoms with E-state index >= 15 is 0 Å². The molecule has 0 heterocycles. The molecule has 2 aromatic rings. The monoisotopic (exact) mass is 481 g/mol. The third-order valence-corrected chi connectivity index (χ3v) is 6.15. The summed E-state index contributed by atoms with van der Waals surface area (Å²) in [5.74, 6) is -0.924. The number of nitrogens with one attached hydrogen (secondary N) is 1. The van der Waals surface area contributed by atoms with Gasteiger partial charge in [0, 0.05) is 12.7 Å². The Labute approximate surface area is 179 Å². The van der Waals surface area contributed by atoms with Gasteiger partial charge in [-0.05, 0) is 30.3 Å². The van der Waals surface area contributed by atoms with Crippen LogP contribution in [0.15, 0.2) is 41.3 Å². The summed E-state index contributed by atoms with van der Waals surface area (Å²) in [5, 5.41) is 12.8. The number of carbonyl (C=O) groups excluding carboxylic acids is 1. The fourth-order valence-electron chi connectivity index (χ4n) is 2.46. The van der Waals surface area contributed by atoms with E-state index in [2.05, 4.69) is 5.32 Å². The number of ether oxygens (including phenoxy) is 1. The van der Waals surface area contributed by atoms with Crippen molar-refractivity contribution in [1.29, 1.82) is 0 Å². The quantitative estimate of drug-likeness (QED) is 0.477. The van der Waals surface area contributed by atoms with Crippen molar-refractivity contribution in [2.45, 2.75) is 11.1 Å². The zero-order valence-electron chi connectivity index (χ0n) is 15.9. The number of anilines is 1. The van der Waals surface area contributed by atoms with Gasteiger partial charge in [0.05, 0.1) is 35.2 Å². The molecule has 0 aliphatic rings. The van der Waals surface area contributed by atoms with Gasteiger partial charge in [-0.15, -0.1) is 0 Å². The number of rotatable bonds is 7. The fraction of sp³-hybridized carbons (Fsp3) is 0.235. The number of halogens is 4.